The minimum absolute atomic E-state index is 0.236. The molecule has 0 spiro atoms. The van der Waals surface area contributed by atoms with E-state index in [0.717, 1.165) is 12.8 Å². The van der Waals surface area contributed by atoms with Crippen LogP contribution in [0.1, 0.15) is 44.0 Å². The average Bonchev–Trinajstić information content (AvgIpc) is 2.71. The molecule has 3 N–H and O–H groups in total. The van der Waals surface area contributed by atoms with Crippen molar-refractivity contribution in [3.8, 4) is 11.3 Å². The molecule has 2 amide bonds. The molecule has 0 aliphatic carbocycles. The molecule has 166 valence electrons. The Labute approximate surface area is 180 Å². The Bertz CT molecular complexity index is 968. The molecule has 1 aliphatic heterocycles. The third-order valence-electron chi connectivity index (χ3n) is 5.54. The molecule has 2 aromatic rings. The summed E-state index contributed by atoms with van der Waals surface area (Å²) < 4.78 is 13.6. The molecule has 3 rings (SSSR count). The van der Waals surface area contributed by atoms with Gasteiger partial charge >= 0.3 is 6.09 Å². The maximum absolute atomic E-state index is 13.6. The zero-order valence-electron chi connectivity index (χ0n) is 18.0. The number of carbonyl (C=O) groups excluding carboxylic acids is 1. The summed E-state index contributed by atoms with van der Waals surface area (Å²) in [5.74, 6) is -0.392. The molecule has 0 atom stereocenters. The second-order valence-corrected chi connectivity index (χ2v) is 8.83. The smallest absolute Gasteiger partial charge is 0.407 e. The van der Waals surface area contributed by atoms with Crippen molar-refractivity contribution in [2.45, 2.75) is 39.2 Å². The second kappa shape index (κ2) is 8.87. The number of hydrogen-bond acceptors (Lipinski definition) is 5. The summed E-state index contributed by atoms with van der Waals surface area (Å²) in [6, 6.07) is 6.07. The minimum Gasteiger partial charge on any atom is -0.465 e. The third kappa shape index (κ3) is 5.48. The molecule has 3 heterocycles. The van der Waals surface area contributed by atoms with Gasteiger partial charge in [-0.3, -0.25) is 4.79 Å². The highest BCUT2D eigenvalue weighted by Crippen LogP contribution is 2.28. The van der Waals surface area contributed by atoms with Crippen molar-refractivity contribution in [3.63, 3.8) is 0 Å². The van der Waals surface area contributed by atoms with E-state index in [0.29, 0.717) is 42.3 Å². The fraction of sp³-hybridized carbons (Fsp3) is 0.455. The molecular formula is C22H28FN5O3. The summed E-state index contributed by atoms with van der Waals surface area (Å²) in [5, 5.41) is 9.54. The van der Waals surface area contributed by atoms with Gasteiger partial charge in [-0.15, -0.1) is 0 Å². The predicted molar refractivity (Wildman–Crippen MR) is 115 cm³/mol. The van der Waals surface area contributed by atoms with Crippen molar-refractivity contribution in [1.82, 2.24) is 14.9 Å². The van der Waals surface area contributed by atoms with E-state index >= 15 is 0 Å². The molecule has 9 heteroatoms. The quantitative estimate of drug-likeness (QED) is 0.705. The highest BCUT2D eigenvalue weighted by Gasteiger charge is 2.30. The van der Waals surface area contributed by atoms with Crippen LogP contribution in [0.2, 0.25) is 0 Å². The predicted octanol–water partition coefficient (Wildman–Crippen LogP) is 3.38. The minimum atomic E-state index is -0.917. The van der Waals surface area contributed by atoms with Crippen LogP contribution in [0.15, 0.2) is 30.5 Å². The highest BCUT2D eigenvalue weighted by atomic mass is 19.1. The number of amides is 2. The number of piperidine rings is 1. The molecule has 0 bridgehead atoms. The van der Waals surface area contributed by atoms with Crippen LogP contribution in [0, 0.1) is 11.9 Å². The number of carboxylic acid groups (broad SMARTS) is 1. The average molecular weight is 429 g/mol. The molecule has 0 unspecified atom stereocenters. The standard InChI is InChI=1S/C22H28FN5O3/c1-22(2,3)28(21(30)31)13-14-5-8-27(9-6-14)19-12-16(20(24)29)10-17(26-19)15-4-7-25-18(23)11-15/h4,7,10-12,14H,5-6,8-9,13H2,1-3H3,(H2,24,29)(H,30,31). The van der Waals surface area contributed by atoms with E-state index in [1.165, 1.54) is 17.2 Å². The monoisotopic (exact) mass is 429 g/mol. The summed E-state index contributed by atoms with van der Waals surface area (Å²) in [4.78, 5) is 35.2. The summed E-state index contributed by atoms with van der Waals surface area (Å²) in [6.07, 6.45) is 2.01. The van der Waals surface area contributed by atoms with Crippen molar-refractivity contribution in [3.05, 3.63) is 42.0 Å². The molecule has 0 aromatic carbocycles. The Morgan fingerprint density at radius 3 is 2.48 bits per heavy atom. The first-order chi connectivity index (χ1) is 14.5. The number of rotatable bonds is 5. The molecule has 0 radical (unpaired) electrons. The van der Waals surface area contributed by atoms with Crippen molar-refractivity contribution in [2.24, 2.45) is 11.7 Å². The molecular weight excluding hydrogens is 401 g/mol. The number of halogens is 1. The van der Waals surface area contributed by atoms with Crippen molar-refractivity contribution >= 4 is 17.8 Å². The molecule has 31 heavy (non-hydrogen) atoms. The lowest BCUT2D eigenvalue weighted by atomic mass is 9.94. The van der Waals surface area contributed by atoms with Crippen LogP contribution in [-0.4, -0.2) is 57.1 Å². The largest absolute Gasteiger partial charge is 0.465 e. The summed E-state index contributed by atoms with van der Waals surface area (Å²) in [5.41, 5.74) is 6.29. The highest BCUT2D eigenvalue weighted by molar-refractivity contribution is 5.94. The van der Waals surface area contributed by atoms with Gasteiger partial charge in [0.25, 0.3) is 0 Å². The van der Waals surface area contributed by atoms with Gasteiger partial charge in [0.1, 0.15) is 5.82 Å². The lowest BCUT2D eigenvalue weighted by Gasteiger charge is -2.39. The second-order valence-electron chi connectivity index (χ2n) is 8.83. The Morgan fingerprint density at radius 1 is 1.26 bits per heavy atom. The van der Waals surface area contributed by atoms with Gasteiger partial charge in [0.15, 0.2) is 0 Å². The van der Waals surface area contributed by atoms with Crippen LogP contribution in [0.25, 0.3) is 11.3 Å². The van der Waals surface area contributed by atoms with Gasteiger partial charge in [-0.1, -0.05) is 0 Å². The van der Waals surface area contributed by atoms with Gasteiger partial charge in [-0.05, 0) is 57.7 Å². The topological polar surface area (TPSA) is 113 Å². The maximum Gasteiger partial charge on any atom is 0.407 e. The fourth-order valence-corrected chi connectivity index (χ4v) is 3.77. The van der Waals surface area contributed by atoms with Crippen molar-refractivity contribution in [1.29, 1.82) is 0 Å². The molecule has 1 saturated heterocycles. The third-order valence-corrected chi connectivity index (χ3v) is 5.54. The first-order valence-corrected chi connectivity index (χ1v) is 10.2. The van der Waals surface area contributed by atoms with E-state index in [-0.39, 0.29) is 5.92 Å². The number of carbonyl (C=O) groups is 2. The van der Waals surface area contributed by atoms with Crippen LogP contribution in [0.4, 0.5) is 15.0 Å². The van der Waals surface area contributed by atoms with E-state index in [1.54, 1.807) is 18.2 Å². The SMILES string of the molecule is CC(C)(C)N(CC1CCN(c2cc(C(N)=O)cc(-c3ccnc(F)c3)n2)CC1)C(=O)O. The number of primary amides is 1. The van der Waals surface area contributed by atoms with Crippen LogP contribution >= 0.6 is 0 Å². The number of pyridine rings is 2. The number of aromatic nitrogens is 2. The molecule has 1 aliphatic rings. The van der Waals surface area contributed by atoms with Crippen LogP contribution in [0.5, 0.6) is 0 Å². The van der Waals surface area contributed by atoms with Gasteiger partial charge in [0.2, 0.25) is 11.9 Å². The number of hydrogen-bond donors (Lipinski definition) is 2. The van der Waals surface area contributed by atoms with Crippen LogP contribution < -0.4 is 10.6 Å². The summed E-state index contributed by atoms with van der Waals surface area (Å²) in [7, 11) is 0. The fourth-order valence-electron chi connectivity index (χ4n) is 3.77. The Hall–Kier alpha value is -3.23. The van der Waals surface area contributed by atoms with Gasteiger partial charge < -0.3 is 20.6 Å². The Morgan fingerprint density at radius 2 is 1.94 bits per heavy atom. The normalized spacial score (nSPS) is 15.0. The Balaban J connectivity index is 1.78. The van der Waals surface area contributed by atoms with E-state index in [2.05, 4.69) is 9.97 Å². The number of nitrogens with zero attached hydrogens (tertiary/aromatic N) is 4. The van der Waals surface area contributed by atoms with Crippen LogP contribution in [-0.2, 0) is 0 Å². The zero-order valence-corrected chi connectivity index (χ0v) is 18.0. The van der Waals surface area contributed by atoms with E-state index < -0.39 is 23.5 Å². The lowest BCUT2D eigenvalue weighted by molar-refractivity contribution is 0.0851. The van der Waals surface area contributed by atoms with Gasteiger partial charge in [0.05, 0.1) is 5.69 Å². The maximum atomic E-state index is 13.6. The van der Waals surface area contributed by atoms with Crippen molar-refractivity contribution < 1.29 is 19.1 Å². The number of anilines is 1. The molecule has 8 nitrogen and oxygen atoms in total. The first kappa shape index (κ1) is 22.5. The summed E-state index contributed by atoms with van der Waals surface area (Å²) >= 11 is 0. The van der Waals surface area contributed by atoms with Gasteiger partial charge in [0, 0.05) is 48.6 Å². The van der Waals surface area contributed by atoms with E-state index in [9.17, 15) is 19.1 Å². The number of nitrogens with two attached hydrogens (primary N) is 1. The Kier molecular flexibility index (Phi) is 6.42. The summed E-state index contributed by atoms with van der Waals surface area (Å²) in [6.45, 7) is 7.48. The molecule has 0 saturated carbocycles. The van der Waals surface area contributed by atoms with Crippen molar-refractivity contribution in [2.75, 3.05) is 24.5 Å². The van der Waals surface area contributed by atoms with Crippen LogP contribution in [0.3, 0.4) is 0 Å². The lowest BCUT2D eigenvalue weighted by Crippen LogP contribution is -2.49. The zero-order chi connectivity index (χ0) is 22.8. The first-order valence-electron chi connectivity index (χ1n) is 10.2. The van der Waals surface area contributed by atoms with Gasteiger partial charge in [-0.25, -0.2) is 14.8 Å². The van der Waals surface area contributed by atoms with Gasteiger partial charge in [-0.2, -0.15) is 4.39 Å². The van der Waals surface area contributed by atoms with E-state index in [4.69, 9.17) is 5.73 Å². The molecule has 2 aromatic heterocycles. The van der Waals surface area contributed by atoms with E-state index in [1.807, 2.05) is 25.7 Å². The molecule has 1 fully saturated rings.